The molecule has 0 spiro atoms. The van der Waals surface area contributed by atoms with E-state index in [9.17, 15) is 4.79 Å². The normalized spacial score (nSPS) is 33.8. The second kappa shape index (κ2) is 7.78. The average Bonchev–Trinajstić information content (AvgIpc) is 3.07. The van der Waals surface area contributed by atoms with E-state index in [1.807, 2.05) is 0 Å². The van der Waals surface area contributed by atoms with Crippen molar-refractivity contribution in [1.82, 2.24) is 4.90 Å². The van der Waals surface area contributed by atoms with Gasteiger partial charge in [-0.1, -0.05) is 6.92 Å². The zero-order valence-electron chi connectivity index (χ0n) is 14.0. The highest BCUT2D eigenvalue weighted by Gasteiger charge is 2.34. The summed E-state index contributed by atoms with van der Waals surface area (Å²) < 4.78 is 11.2. The summed E-state index contributed by atoms with van der Waals surface area (Å²) >= 11 is 0. The molecule has 22 heavy (non-hydrogen) atoms. The van der Waals surface area contributed by atoms with Gasteiger partial charge in [0, 0.05) is 38.3 Å². The SMILES string of the molecule is CC1CCC(N(CC2CCCO2)C(=O)C2CCOCC2)CC1. The second-order valence-electron chi connectivity index (χ2n) is 7.43. The standard InChI is InChI=1S/C18H31NO3/c1-14-4-6-16(7-5-14)19(13-17-3-2-10-22-17)18(20)15-8-11-21-12-9-15/h14-17H,2-13H2,1H3. The quantitative estimate of drug-likeness (QED) is 0.801. The van der Waals surface area contributed by atoms with Crippen molar-refractivity contribution >= 4 is 5.91 Å². The van der Waals surface area contributed by atoms with Gasteiger partial charge in [0.2, 0.25) is 5.91 Å². The Hall–Kier alpha value is -0.610. The van der Waals surface area contributed by atoms with Gasteiger partial charge in [0.25, 0.3) is 0 Å². The van der Waals surface area contributed by atoms with Gasteiger partial charge in [0.15, 0.2) is 0 Å². The molecule has 0 N–H and O–H groups in total. The number of carbonyl (C=O) groups is 1. The van der Waals surface area contributed by atoms with Gasteiger partial charge >= 0.3 is 0 Å². The first-order valence-electron chi connectivity index (χ1n) is 9.24. The van der Waals surface area contributed by atoms with Crippen molar-refractivity contribution in [3.8, 4) is 0 Å². The van der Waals surface area contributed by atoms with Crippen molar-refractivity contribution in [2.75, 3.05) is 26.4 Å². The second-order valence-corrected chi connectivity index (χ2v) is 7.43. The summed E-state index contributed by atoms with van der Waals surface area (Å²) in [7, 11) is 0. The Kier molecular flexibility index (Phi) is 5.75. The molecule has 4 heteroatoms. The molecule has 4 nitrogen and oxygen atoms in total. The van der Waals surface area contributed by atoms with Crippen molar-refractivity contribution in [3.63, 3.8) is 0 Å². The lowest BCUT2D eigenvalue weighted by molar-refractivity contribution is -0.143. The molecule has 2 aliphatic heterocycles. The van der Waals surface area contributed by atoms with Crippen LogP contribution < -0.4 is 0 Å². The van der Waals surface area contributed by atoms with E-state index in [4.69, 9.17) is 9.47 Å². The van der Waals surface area contributed by atoms with Crippen molar-refractivity contribution in [2.45, 2.75) is 70.4 Å². The maximum Gasteiger partial charge on any atom is 0.226 e. The summed E-state index contributed by atoms with van der Waals surface area (Å²) in [6, 6.07) is 0.441. The maximum absolute atomic E-state index is 13.1. The van der Waals surface area contributed by atoms with Crippen molar-refractivity contribution < 1.29 is 14.3 Å². The zero-order chi connectivity index (χ0) is 15.4. The molecular formula is C18H31NO3. The first-order valence-corrected chi connectivity index (χ1v) is 9.24. The third kappa shape index (κ3) is 4.02. The maximum atomic E-state index is 13.1. The predicted molar refractivity (Wildman–Crippen MR) is 85.7 cm³/mol. The number of hydrogen-bond donors (Lipinski definition) is 0. The van der Waals surface area contributed by atoms with Gasteiger partial charge in [0.05, 0.1) is 6.10 Å². The summed E-state index contributed by atoms with van der Waals surface area (Å²) in [6.07, 6.45) is 9.16. The first kappa shape index (κ1) is 16.3. The number of rotatable bonds is 4. The molecule has 2 saturated heterocycles. The van der Waals surface area contributed by atoms with Crippen LogP contribution in [0.15, 0.2) is 0 Å². The van der Waals surface area contributed by atoms with Gasteiger partial charge in [0.1, 0.15) is 0 Å². The van der Waals surface area contributed by atoms with Crippen LogP contribution in [0.5, 0.6) is 0 Å². The third-order valence-electron chi connectivity index (χ3n) is 5.70. The lowest BCUT2D eigenvalue weighted by Gasteiger charge is -2.39. The minimum Gasteiger partial charge on any atom is -0.381 e. The van der Waals surface area contributed by atoms with E-state index < -0.39 is 0 Å². The highest BCUT2D eigenvalue weighted by molar-refractivity contribution is 5.79. The van der Waals surface area contributed by atoms with Crippen LogP contribution in [-0.4, -0.2) is 49.3 Å². The van der Waals surface area contributed by atoms with E-state index in [-0.39, 0.29) is 12.0 Å². The summed E-state index contributed by atoms with van der Waals surface area (Å²) in [4.78, 5) is 15.3. The van der Waals surface area contributed by atoms with Crippen LogP contribution in [0.3, 0.4) is 0 Å². The smallest absolute Gasteiger partial charge is 0.226 e. The summed E-state index contributed by atoms with van der Waals surface area (Å²) in [5.74, 6) is 1.37. The Morgan fingerprint density at radius 1 is 1.00 bits per heavy atom. The largest absolute Gasteiger partial charge is 0.381 e. The molecule has 0 bridgehead atoms. The fourth-order valence-corrected chi connectivity index (χ4v) is 4.16. The lowest BCUT2D eigenvalue weighted by Crippen LogP contribution is -2.49. The molecule has 126 valence electrons. The van der Waals surface area contributed by atoms with Gasteiger partial charge in [-0.2, -0.15) is 0 Å². The Labute approximate surface area is 134 Å². The number of nitrogens with zero attached hydrogens (tertiary/aromatic N) is 1. The minimum atomic E-state index is 0.175. The molecule has 0 radical (unpaired) electrons. The van der Waals surface area contributed by atoms with Crippen LogP contribution in [0.2, 0.25) is 0 Å². The number of hydrogen-bond acceptors (Lipinski definition) is 3. The topological polar surface area (TPSA) is 38.8 Å². The van der Waals surface area contributed by atoms with Gasteiger partial charge in [-0.25, -0.2) is 0 Å². The van der Waals surface area contributed by atoms with Crippen LogP contribution >= 0.6 is 0 Å². The summed E-state index contributed by atoms with van der Waals surface area (Å²) in [6.45, 7) is 5.50. The van der Waals surface area contributed by atoms with Crippen LogP contribution in [0.25, 0.3) is 0 Å². The highest BCUT2D eigenvalue weighted by Crippen LogP contribution is 2.30. The molecule has 1 saturated carbocycles. The van der Waals surface area contributed by atoms with E-state index >= 15 is 0 Å². The summed E-state index contributed by atoms with van der Waals surface area (Å²) in [5, 5.41) is 0. The molecule has 3 aliphatic rings. The van der Waals surface area contributed by atoms with Gasteiger partial charge in [-0.3, -0.25) is 4.79 Å². The summed E-state index contributed by atoms with van der Waals surface area (Å²) in [5.41, 5.74) is 0. The Morgan fingerprint density at radius 3 is 2.36 bits per heavy atom. The van der Waals surface area contributed by atoms with E-state index in [1.54, 1.807) is 0 Å². The van der Waals surface area contributed by atoms with E-state index in [1.165, 1.54) is 25.7 Å². The molecule has 0 aromatic carbocycles. The Balaban J connectivity index is 1.65. The van der Waals surface area contributed by atoms with E-state index in [0.717, 1.165) is 58.0 Å². The number of ether oxygens (including phenoxy) is 2. The number of carbonyl (C=O) groups excluding carboxylic acids is 1. The van der Waals surface area contributed by atoms with Crippen LogP contribution in [-0.2, 0) is 14.3 Å². The molecule has 3 fully saturated rings. The fourth-order valence-electron chi connectivity index (χ4n) is 4.16. The molecule has 1 aliphatic carbocycles. The third-order valence-corrected chi connectivity index (χ3v) is 5.70. The van der Waals surface area contributed by atoms with Crippen molar-refractivity contribution in [3.05, 3.63) is 0 Å². The molecule has 1 unspecified atom stereocenters. The minimum absolute atomic E-state index is 0.175. The van der Waals surface area contributed by atoms with E-state index in [2.05, 4.69) is 11.8 Å². The Morgan fingerprint density at radius 2 is 1.73 bits per heavy atom. The first-order chi connectivity index (χ1) is 10.7. The fraction of sp³-hybridized carbons (Fsp3) is 0.944. The molecule has 1 atom stereocenters. The number of amides is 1. The van der Waals surface area contributed by atoms with E-state index in [0.29, 0.717) is 11.9 Å². The molecule has 0 aromatic heterocycles. The van der Waals surface area contributed by atoms with Gasteiger partial charge in [-0.05, 0) is 57.3 Å². The van der Waals surface area contributed by atoms with Crippen molar-refractivity contribution in [2.24, 2.45) is 11.8 Å². The lowest BCUT2D eigenvalue weighted by atomic mass is 9.85. The highest BCUT2D eigenvalue weighted by atomic mass is 16.5. The van der Waals surface area contributed by atoms with Crippen LogP contribution in [0, 0.1) is 11.8 Å². The molecule has 3 rings (SSSR count). The monoisotopic (exact) mass is 309 g/mol. The molecule has 2 heterocycles. The van der Waals surface area contributed by atoms with Crippen molar-refractivity contribution in [1.29, 1.82) is 0 Å². The average molecular weight is 309 g/mol. The Bertz CT molecular complexity index is 353. The molecule has 1 amide bonds. The van der Waals surface area contributed by atoms with Crippen LogP contribution in [0.1, 0.15) is 58.3 Å². The van der Waals surface area contributed by atoms with Crippen LogP contribution in [0.4, 0.5) is 0 Å². The van der Waals surface area contributed by atoms with Gasteiger partial charge < -0.3 is 14.4 Å². The molecular weight excluding hydrogens is 278 g/mol. The predicted octanol–water partition coefficient (Wildman–Crippen LogP) is 3.00. The zero-order valence-corrected chi connectivity index (χ0v) is 14.0. The molecule has 0 aromatic rings. The van der Waals surface area contributed by atoms with Gasteiger partial charge in [-0.15, -0.1) is 0 Å².